The molecule has 0 heterocycles. The molecule has 0 spiro atoms. The van der Waals surface area contributed by atoms with Crippen LogP contribution in [0.15, 0.2) is 370 Å². The minimum absolute atomic E-state index is 0.141. The van der Waals surface area contributed by atoms with Gasteiger partial charge in [0.2, 0.25) is 0 Å². The topological polar surface area (TPSA) is 129 Å². The third-order valence-electron chi connectivity index (χ3n) is 19.1. The lowest BCUT2D eigenvalue weighted by Crippen LogP contribution is -2.04. The smallest absolute Gasteiger partial charge is 0.123 e. The van der Waals surface area contributed by atoms with E-state index >= 15 is 0 Å². The Bertz CT molecular complexity index is 4740. The van der Waals surface area contributed by atoms with Gasteiger partial charge in [-0.2, -0.15) is 0 Å². The largest absolute Gasteiger partial charge is 0.489 e. The number of ether oxygens (including phenoxy) is 14. The van der Waals surface area contributed by atoms with Gasteiger partial charge in [-0.15, -0.1) is 0 Å². The third kappa shape index (κ3) is 25.7. The number of aryl methyl sites for hydroxylation is 1. The lowest BCUT2D eigenvalue weighted by atomic mass is 10.1. The number of rotatable bonds is 42. The zero-order valence-corrected chi connectivity index (χ0v) is 66.3. The van der Waals surface area contributed by atoms with E-state index in [1.807, 2.05) is 377 Å². The van der Waals surface area contributed by atoms with Gasteiger partial charge in [-0.3, -0.25) is 0 Å². The van der Waals surface area contributed by atoms with E-state index in [1.54, 1.807) is 0 Å². The highest BCUT2D eigenvalue weighted by Crippen LogP contribution is 2.36. The number of hydrogen-bond acceptors (Lipinski definition) is 14. The zero-order chi connectivity index (χ0) is 80.7. The van der Waals surface area contributed by atoms with Crippen molar-refractivity contribution in [1.29, 1.82) is 0 Å². The second kappa shape index (κ2) is 41.7. The Morgan fingerprint density at radius 1 is 0.118 bits per heavy atom. The predicted molar refractivity (Wildman–Crippen MR) is 462 cm³/mol. The second-order valence-corrected chi connectivity index (χ2v) is 28.8. The van der Waals surface area contributed by atoms with Gasteiger partial charge in [0.25, 0.3) is 0 Å². The first kappa shape index (κ1) is 79.7. The van der Waals surface area contributed by atoms with Crippen molar-refractivity contribution in [2.24, 2.45) is 0 Å². The van der Waals surface area contributed by atoms with Crippen molar-refractivity contribution in [2.75, 3.05) is 0 Å². The summed E-state index contributed by atoms with van der Waals surface area (Å²) < 4.78 is 91.9. The van der Waals surface area contributed by atoms with Gasteiger partial charge in [0.1, 0.15) is 173 Å². The highest BCUT2D eigenvalue weighted by Gasteiger charge is 2.17. The Balaban J connectivity index is 0.691. The van der Waals surface area contributed by atoms with Crippen molar-refractivity contribution < 1.29 is 66.3 Å². The first-order valence-corrected chi connectivity index (χ1v) is 39.8. The molecule has 0 N–H and O–H groups in total. The molecule has 0 fully saturated rings. The van der Waals surface area contributed by atoms with Gasteiger partial charge in [-0.05, 0) is 175 Å². The SMILES string of the molecule is Cc1cc(OCc2cc(OCc3cc(OCc4ccccc4)cc(OCc4ccccc4)c3)cc(OCc3cc(OCc4ccccc4)cc(OCc4ccccc4)c3)c2)cc(OCc2cc(OCc3cc(OCc4ccccc4)cc(OCc4ccccc4)c3)cc(OCc3cc(OCc4ccccc4)cc(OCc4ccccc4)c3)c2)c1. The van der Waals surface area contributed by atoms with Gasteiger partial charge >= 0.3 is 0 Å². The van der Waals surface area contributed by atoms with Gasteiger partial charge in [0.05, 0.1) is 0 Å². The van der Waals surface area contributed by atoms with Crippen LogP contribution in [-0.4, -0.2) is 0 Å². The molecule has 0 amide bonds. The summed E-state index contributed by atoms with van der Waals surface area (Å²) in [5.41, 5.74) is 14.2. The molecule has 0 unspecified atom stereocenters. The normalized spacial score (nSPS) is 10.9. The molecular weight excluding hydrogens is 1490 g/mol. The van der Waals surface area contributed by atoms with Crippen LogP contribution in [0.2, 0.25) is 0 Å². The van der Waals surface area contributed by atoms with E-state index in [-0.39, 0.29) is 39.6 Å². The fourth-order valence-corrected chi connectivity index (χ4v) is 13.1. The van der Waals surface area contributed by atoms with Gasteiger partial charge in [-0.1, -0.05) is 243 Å². The molecule has 14 heteroatoms. The van der Waals surface area contributed by atoms with Crippen molar-refractivity contribution in [3.05, 3.63) is 454 Å². The summed E-state index contributed by atoms with van der Waals surface area (Å²) in [5, 5.41) is 0. The van der Waals surface area contributed by atoms with Crippen LogP contribution in [0.25, 0.3) is 0 Å². The molecule has 0 atom stereocenters. The van der Waals surface area contributed by atoms with Gasteiger partial charge in [-0.25, -0.2) is 0 Å². The summed E-state index contributed by atoms with van der Waals surface area (Å²) in [7, 11) is 0. The maximum Gasteiger partial charge on any atom is 0.123 e. The van der Waals surface area contributed by atoms with Crippen LogP contribution in [0.5, 0.6) is 80.5 Å². The monoisotopic (exact) mass is 1580 g/mol. The van der Waals surface area contributed by atoms with Crippen LogP contribution in [0.1, 0.15) is 83.5 Å². The van der Waals surface area contributed by atoms with Crippen molar-refractivity contribution in [2.45, 2.75) is 99.4 Å². The molecule has 0 saturated heterocycles. The third-order valence-corrected chi connectivity index (χ3v) is 19.1. The highest BCUT2D eigenvalue weighted by atomic mass is 16.5. The Morgan fingerprint density at radius 2 is 0.218 bits per heavy atom. The predicted octanol–water partition coefficient (Wildman–Crippen LogP) is 24.1. The summed E-state index contributed by atoms with van der Waals surface area (Å²) in [6.07, 6.45) is 0. The Morgan fingerprint density at radius 3 is 0.336 bits per heavy atom. The van der Waals surface area contributed by atoms with E-state index < -0.39 is 0 Å². The van der Waals surface area contributed by atoms with Crippen molar-refractivity contribution in [1.82, 2.24) is 0 Å². The van der Waals surface area contributed by atoms with Gasteiger partial charge in [0, 0.05) is 42.5 Å². The molecule has 0 bridgehead atoms. The fourth-order valence-electron chi connectivity index (χ4n) is 13.1. The van der Waals surface area contributed by atoms with Crippen LogP contribution in [-0.2, 0) is 92.5 Å². The Kier molecular flexibility index (Phi) is 27.9. The van der Waals surface area contributed by atoms with Crippen LogP contribution in [0.3, 0.4) is 0 Å². The standard InChI is InChI=1S/C105H92O14/c1-77-42-92(114-71-86-52-102(116-73-88-44-94(106-63-78-26-10-2-11-27-78)57-95(45-88)107-64-79-28-12-3-13-29-79)61-103(53-86)117-74-89-46-96(108-65-80-30-14-4-15-31-80)58-97(47-89)109-66-81-32-16-5-17-33-81)56-93(43-77)115-72-87-54-104(118-75-90-48-98(110-67-82-34-18-6-19-35-82)59-99(49-90)111-68-83-36-20-7-21-37-83)62-105(55-87)119-76-91-50-100(112-69-84-38-22-8-23-39-84)60-101(51-91)113-70-85-40-24-9-25-41-85/h2-62H,63-76H2,1H3. The summed E-state index contributed by atoms with van der Waals surface area (Å²) in [6.45, 7) is 5.99. The summed E-state index contributed by atoms with van der Waals surface area (Å²) >= 11 is 0. The fraction of sp³-hybridized carbons (Fsp3) is 0.143. The van der Waals surface area contributed by atoms with Crippen LogP contribution in [0, 0.1) is 6.92 Å². The van der Waals surface area contributed by atoms with Crippen LogP contribution < -0.4 is 66.3 Å². The molecule has 119 heavy (non-hydrogen) atoms. The first-order valence-electron chi connectivity index (χ1n) is 39.8. The van der Waals surface area contributed by atoms with E-state index in [4.69, 9.17) is 66.3 Å². The minimum Gasteiger partial charge on any atom is -0.489 e. The van der Waals surface area contributed by atoms with Crippen molar-refractivity contribution >= 4 is 0 Å². The molecule has 0 radical (unpaired) electrons. The van der Waals surface area contributed by atoms with E-state index in [1.165, 1.54) is 0 Å². The average Bonchev–Trinajstić information content (AvgIpc) is 0.812. The molecule has 15 rings (SSSR count). The van der Waals surface area contributed by atoms with E-state index in [0.717, 1.165) is 83.5 Å². The van der Waals surface area contributed by atoms with Gasteiger partial charge < -0.3 is 66.3 Å². The molecule has 15 aromatic rings. The lowest BCUT2D eigenvalue weighted by Gasteiger charge is -2.17. The van der Waals surface area contributed by atoms with Crippen molar-refractivity contribution in [3.63, 3.8) is 0 Å². The highest BCUT2D eigenvalue weighted by molar-refractivity contribution is 5.47. The van der Waals surface area contributed by atoms with E-state index in [9.17, 15) is 0 Å². The molecular formula is C105H92O14. The summed E-state index contributed by atoms with van der Waals surface area (Å²) in [5.74, 6) is 8.55. The van der Waals surface area contributed by atoms with E-state index in [0.29, 0.717) is 133 Å². The number of hydrogen-bond donors (Lipinski definition) is 0. The first-order chi connectivity index (χ1) is 58.7. The van der Waals surface area contributed by atoms with Crippen LogP contribution >= 0.6 is 0 Å². The molecule has 0 saturated carbocycles. The minimum atomic E-state index is 0.141. The Labute approximate surface area is 695 Å². The number of benzene rings is 15. The maximum atomic E-state index is 6.77. The van der Waals surface area contributed by atoms with E-state index in [2.05, 4.69) is 0 Å². The molecule has 0 aliphatic heterocycles. The second-order valence-electron chi connectivity index (χ2n) is 28.8. The quantitative estimate of drug-likeness (QED) is 0.0360. The van der Waals surface area contributed by atoms with Gasteiger partial charge in [0.15, 0.2) is 0 Å². The summed E-state index contributed by atoms with van der Waals surface area (Å²) in [6, 6.07) is 122. The molecule has 0 aliphatic carbocycles. The molecule has 0 aliphatic rings. The molecule has 0 aromatic heterocycles. The molecule has 15 aromatic carbocycles. The summed E-state index contributed by atoms with van der Waals surface area (Å²) in [4.78, 5) is 0. The lowest BCUT2D eigenvalue weighted by molar-refractivity contribution is 0.270. The molecule has 14 nitrogen and oxygen atoms in total. The Hall–Kier alpha value is -14.5. The van der Waals surface area contributed by atoms with Crippen molar-refractivity contribution in [3.8, 4) is 80.5 Å². The molecule has 596 valence electrons. The maximum absolute atomic E-state index is 6.77. The zero-order valence-electron chi connectivity index (χ0n) is 66.3. The van der Waals surface area contributed by atoms with Crippen LogP contribution in [0.4, 0.5) is 0 Å². The average molecular weight is 1580 g/mol.